The molecule has 0 aliphatic heterocycles. The van der Waals surface area contributed by atoms with Crippen LogP contribution in [0.2, 0.25) is 0 Å². The van der Waals surface area contributed by atoms with Crippen LogP contribution in [-0.2, 0) is 6.54 Å². The summed E-state index contributed by atoms with van der Waals surface area (Å²) in [7, 11) is 1.59. The molecule has 9 nitrogen and oxygen atoms in total. The summed E-state index contributed by atoms with van der Waals surface area (Å²) in [5.41, 5.74) is 2.70. The highest BCUT2D eigenvalue weighted by molar-refractivity contribution is 5.99. The molecular weight excluding hydrogens is 358 g/mol. The number of hydrogen-bond acceptors (Lipinski definition) is 6. The first-order valence-electron chi connectivity index (χ1n) is 8.52. The molecule has 3 aromatic heterocycles. The van der Waals surface area contributed by atoms with E-state index in [-0.39, 0.29) is 12.5 Å². The first-order valence-corrected chi connectivity index (χ1v) is 8.52. The number of benzene rings is 1. The number of H-pyrrole nitrogens is 2. The van der Waals surface area contributed by atoms with E-state index >= 15 is 0 Å². The molecule has 28 heavy (non-hydrogen) atoms. The third kappa shape index (κ3) is 3.58. The summed E-state index contributed by atoms with van der Waals surface area (Å²) >= 11 is 0. The molecular formula is C19H17N7O2. The standard InChI is InChI=1S/C19H17N7O2/c1-28-14-4-2-3-13(9-14)17-15(10-22-25-17)19(27)21-11-16-23-18(26-24-16)12-5-7-20-8-6-12/h2-10H,11H2,1H3,(H,21,27)(H,22,25)(H,23,24,26). The van der Waals surface area contributed by atoms with Crippen molar-refractivity contribution in [3.8, 4) is 28.4 Å². The van der Waals surface area contributed by atoms with E-state index in [1.807, 2.05) is 36.4 Å². The Labute approximate surface area is 160 Å². The van der Waals surface area contributed by atoms with Crippen LogP contribution in [0.5, 0.6) is 5.75 Å². The van der Waals surface area contributed by atoms with E-state index in [4.69, 9.17) is 4.74 Å². The highest BCUT2D eigenvalue weighted by atomic mass is 16.5. The molecule has 3 heterocycles. The largest absolute Gasteiger partial charge is 0.497 e. The fourth-order valence-corrected chi connectivity index (χ4v) is 2.72. The van der Waals surface area contributed by atoms with Gasteiger partial charge in [-0.05, 0) is 24.3 Å². The van der Waals surface area contributed by atoms with Crippen molar-refractivity contribution in [2.45, 2.75) is 6.54 Å². The lowest BCUT2D eigenvalue weighted by molar-refractivity contribution is 0.0950. The summed E-state index contributed by atoms with van der Waals surface area (Å²) in [5, 5.41) is 16.7. The number of pyridine rings is 1. The van der Waals surface area contributed by atoms with E-state index in [0.29, 0.717) is 28.7 Å². The van der Waals surface area contributed by atoms with Gasteiger partial charge in [0.2, 0.25) is 0 Å². The van der Waals surface area contributed by atoms with Crippen LogP contribution in [0.25, 0.3) is 22.6 Å². The van der Waals surface area contributed by atoms with Gasteiger partial charge in [0, 0.05) is 23.5 Å². The van der Waals surface area contributed by atoms with Gasteiger partial charge in [-0.15, -0.1) is 0 Å². The van der Waals surface area contributed by atoms with Crippen LogP contribution >= 0.6 is 0 Å². The minimum Gasteiger partial charge on any atom is -0.497 e. The van der Waals surface area contributed by atoms with Gasteiger partial charge in [0.1, 0.15) is 11.6 Å². The molecule has 4 rings (SSSR count). The van der Waals surface area contributed by atoms with E-state index in [9.17, 15) is 4.79 Å². The fourth-order valence-electron chi connectivity index (χ4n) is 2.72. The van der Waals surface area contributed by atoms with Crippen LogP contribution in [0.1, 0.15) is 16.2 Å². The maximum atomic E-state index is 12.6. The van der Waals surface area contributed by atoms with E-state index in [1.54, 1.807) is 19.5 Å². The Morgan fingerprint density at radius 1 is 1.14 bits per heavy atom. The van der Waals surface area contributed by atoms with Crippen molar-refractivity contribution >= 4 is 5.91 Å². The van der Waals surface area contributed by atoms with Crippen molar-refractivity contribution in [2.75, 3.05) is 7.11 Å². The maximum Gasteiger partial charge on any atom is 0.255 e. The van der Waals surface area contributed by atoms with Gasteiger partial charge in [-0.25, -0.2) is 4.98 Å². The molecule has 0 saturated heterocycles. The van der Waals surface area contributed by atoms with Gasteiger partial charge in [0.05, 0.1) is 31.1 Å². The normalized spacial score (nSPS) is 10.6. The van der Waals surface area contributed by atoms with E-state index in [0.717, 1.165) is 11.1 Å². The zero-order valence-corrected chi connectivity index (χ0v) is 15.0. The van der Waals surface area contributed by atoms with E-state index < -0.39 is 0 Å². The Hall–Kier alpha value is -4.01. The van der Waals surface area contributed by atoms with Crippen molar-refractivity contribution in [1.29, 1.82) is 0 Å². The molecule has 9 heteroatoms. The summed E-state index contributed by atoms with van der Waals surface area (Å²) in [4.78, 5) is 21.0. The third-order valence-corrected chi connectivity index (χ3v) is 4.13. The smallest absolute Gasteiger partial charge is 0.255 e. The second-order valence-electron chi connectivity index (χ2n) is 5.91. The zero-order valence-electron chi connectivity index (χ0n) is 15.0. The van der Waals surface area contributed by atoms with Crippen LogP contribution in [0.15, 0.2) is 55.0 Å². The number of carbonyl (C=O) groups is 1. The quantitative estimate of drug-likeness (QED) is 0.475. The average molecular weight is 375 g/mol. The number of nitrogens with zero attached hydrogens (tertiary/aromatic N) is 4. The molecule has 0 spiro atoms. The summed E-state index contributed by atoms with van der Waals surface area (Å²) in [6, 6.07) is 11.0. The SMILES string of the molecule is COc1cccc(-c2[nH]ncc2C(=O)NCc2nc(-c3ccncc3)n[nH]2)c1. The monoisotopic (exact) mass is 375 g/mol. The average Bonchev–Trinajstić information content (AvgIpc) is 3.42. The van der Waals surface area contributed by atoms with Crippen LogP contribution in [0, 0.1) is 0 Å². The second kappa shape index (κ2) is 7.70. The third-order valence-electron chi connectivity index (χ3n) is 4.13. The van der Waals surface area contributed by atoms with Crippen LogP contribution in [0.3, 0.4) is 0 Å². The molecule has 0 radical (unpaired) electrons. The van der Waals surface area contributed by atoms with Crippen molar-refractivity contribution in [3.05, 3.63) is 66.4 Å². The topological polar surface area (TPSA) is 121 Å². The summed E-state index contributed by atoms with van der Waals surface area (Å²) in [5.74, 6) is 1.52. The number of amides is 1. The molecule has 4 aromatic rings. The van der Waals surface area contributed by atoms with E-state index in [1.165, 1.54) is 6.20 Å². The highest BCUT2D eigenvalue weighted by Gasteiger charge is 2.16. The fraction of sp³-hybridized carbons (Fsp3) is 0.105. The van der Waals surface area contributed by atoms with Gasteiger partial charge in [-0.2, -0.15) is 10.2 Å². The van der Waals surface area contributed by atoms with Crippen molar-refractivity contribution in [3.63, 3.8) is 0 Å². The van der Waals surface area contributed by atoms with Gasteiger partial charge < -0.3 is 10.1 Å². The molecule has 0 bridgehead atoms. The first kappa shape index (κ1) is 17.4. The first-order chi connectivity index (χ1) is 13.7. The Morgan fingerprint density at radius 3 is 2.82 bits per heavy atom. The lowest BCUT2D eigenvalue weighted by atomic mass is 10.1. The van der Waals surface area contributed by atoms with Gasteiger partial charge in [-0.3, -0.25) is 20.0 Å². The van der Waals surface area contributed by atoms with Crippen molar-refractivity contribution in [1.82, 2.24) is 35.7 Å². The minimum atomic E-state index is -0.270. The lowest BCUT2D eigenvalue weighted by Gasteiger charge is -2.06. The molecule has 0 saturated carbocycles. The second-order valence-corrected chi connectivity index (χ2v) is 5.91. The highest BCUT2D eigenvalue weighted by Crippen LogP contribution is 2.25. The Balaban J connectivity index is 1.47. The summed E-state index contributed by atoms with van der Waals surface area (Å²) in [6.45, 7) is 0.208. The molecule has 0 atom stereocenters. The number of nitrogens with one attached hydrogen (secondary N) is 3. The van der Waals surface area contributed by atoms with Crippen LogP contribution in [0.4, 0.5) is 0 Å². The number of rotatable bonds is 6. The Bertz CT molecular complexity index is 1090. The summed E-state index contributed by atoms with van der Waals surface area (Å²) in [6.07, 6.45) is 4.84. The van der Waals surface area contributed by atoms with Crippen LogP contribution < -0.4 is 10.1 Å². The molecule has 140 valence electrons. The minimum absolute atomic E-state index is 0.208. The molecule has 0 aliphatic rings. The molecule has 0 aliphatic carbocycles. The molecule has 0 unspecified atom stereocenters. The Morgan fingerprint density at radius 2 is 2.00 bits per heavy atom. The lowest BCUT2D eigenvalue weighted by Crippen LogP contribution is -2.23. The molecule has 1 amide bonds. The Kier molecular flexibility index (Phi) is 4.79. The predicted molar refractivity (Wildman–Crippen MR) is 101 cm³/mol. The number of ether oxygens (including phenoxy) is 1. The number of hydrogen-bond donors (Lipinski definition) is 3. The molecule has 3 N–H and O–H groups in total. The number of aromatic amines is 2. The molecule has 1 aromatic carbocycles. The number of methoxy groups -OCH3 is 1. The number of carbonyl (C=O) groups excluding carboxylic acids is 1. The van der Waals surface area contributed by atoms with Gasteiger partial charge in [0.15, 0.2) is 5.82 Å². The van der Waals surface area contributed by atoms with Gasteiger partial charge >= 0.3 is 0 Å². The van der Waals surface area contributed by atoms with Gasteiger partial charge in [-0.1, -0.05) is 12.1 Å². The molecule has 0 fully saturated rings. The van der Waals surface area contributed by atoms with Crippen molar-refractivity contribution in [2.24, 2.45) is 0 Å². The number of aromatic nitrogens is 6. The van der Waals surface area contributed by atoms with Crippen LogP contribution in [-0.4, -0.2) is 43.4 Å². The maximum absolute atomic E-state index is 12.6. The summed E-state index contributed by atoms with van der Waals surface area (Å²) < 4.78 is 5.24. The van der Waals surface area contributed by atoms with Crippen molar-refractivity contribution < 1.29 is 9.53 Å². The van der Waals surface area contributed by atoms with E-state index in [2.05, 4.69) is 35.7 Å². The zero-order chi connectivity index (χ0) is 19.3. The predicted octanol–water partition coefficient (Wildman–Crippen LogP) is 2.20. The van der Waals surface area contributed by atoms with Gasteiger partial charge in [0.25, 0.3) is 5.91 Å².